The van der Waals surface area contributed by atoms with Crippen LogP contribution in [0.2, 0.25) is 0 Å². The topological polar surface area (TPSA) is 120 Å². The Morgan fingerprint density at radius 1 is 1.13 bits per heavy atom. The molecule has 2 amide bonds. The van der Waals surface area contributed by atoms with E-state index in [4.69, 9.17) is 0 Å². The molecule has 0 atom stereocenters. The third kappa shape index (κ3) is 5.76. The molecule has 0 unspecified atom stereocenters. The van der Waals surface area contributed by atoms with Crippen molar-refractivity contribution in [2.45, 2.75) is 58.0 Å². The van der Waals surface area contributed by atoms with E-state index in [0.29, 0.717) is 37.3 Å². The summed E-state index contributed by atoms with van der Waals surface area (Å²) in [4.78, 5) is 44.1. The van der Waals surface area contributed by atoms with Crippen molar-refractivity contribution in [2.75, 3.05) is 18.4 Å². The van der Waals surface area contributed by atoms with Crippen molar-refractivity contribution in [3.05, 3.63) is 75.3 Å². The number of alkyl halides is 2. The maximum absolute atomic E-state index is 14.0. The summed E-state index contributed by atoms with van der Waals surface area (Å²) in [6.45, 7) is 3.23. The minimum atomic E-state index is -3.10. The number of piperidine rings is 1. The molecule has 1 aliphatic rings. The molecule has 3 heterocycles. The van der Waals surface area contributed by atoms with Gasteiger partial charge in [0.1, 0.15) is 5.69 Å². The number of hydrogen-bond acceptors (Lipinski definition) is 5. The molecule has 9 nitrogen and oxygen atoms in total. The molecule has 1 fully saturated rings. The summed E-state index contributed by atoms with van der Waals surface area (Å²) in [6.07, 6.45) is 0.675. The molecule has 11 heteroatoms. The van der Waals surface area contributed by atoms with E-state index in [0.717, 1.165) is 11.1 Å². The first kappa shape index (κ1) is 27.0. The minimum Gasteiger partial charge on any atom is -0.415 e. The standard InChI is InChI=1S/C27H31F2N5O4/c1-16(2)19-6-4-5-7-20(19)27(25(37)31-21-9-8-17(3)30-24(21)38-26(28)29)10-12-34(13-11-27)23(36)15-18-14-22(35)33-32-18/h4-9,14,16,26H,10-13,15H2,1-3H3,(H,31,37)(H2,32,33,35). The summed E-state index contributed by atoms with van der Waals surface area (Å²) in [5.74, 6) is -0.771. The first-order valence-electron chi connectivity index (χ1n) is 12.5. The molecule has 1 aliphatic heterocycles. The summed E-state index contributed by atoms with van der Waals surface area (Å²) in [5.41, 5.74) is 1.51. The summed E-state index contributed by atoms with van der Waals surface area (Å²) < 4.78 is 30.7. The number of rotatable bonds is 8. The van der Waals surface area contributed by atoms with Crippen LogP contribution >= 0.6 is 0 Å². The van der Waals surface area contributed by atoms with Crippen LogP contribution in [0.15, 0.2) is 47.3 Å². The molecule has 202 valence electrons. The Hall–Kier alpha value is -4.02. The van der Waals surface area contributed by atoms with Crippen LogP contribution in [0.3, 0.4) is 0 Å². The highest BCUT2D eigenvalue weighted by Crippen LogP contribution is 2.41. The lowest BCUT2D eigenvalue weighted by Gasteiger charge is -2.42. The molecule has 3 aromatic rings. The van der Waals surface area contributed by atoms with Crippen molar-refractivity contribution in [3.63, 3.8) is 0 Å². The van der Waals surface area contributed by atoms with E-state index in [1.54, 1.807) is 17.9 Å². The normalized spacial score (nSPS) is 15.1. The van der Waals surface area contributed by atoms with Crippen LogP contribution in [-0.4, -0.2) is 51.6 Å². The highest BCUT2D eigenvalue weighted by Gasteiger charge is 2.45. The van der Waals surface area contributed by atoms with Crippen molar-refractivity contribution < 1.29 is 23.1 Å². The number of aromatic nitrogens is 3. The summed E-state index contributed by atoms with van der Waals surface area (Å²) in [5, 5.41) is 7.90. The lowest BCUT2D eigenvalue weighted by atomic mass is 9.69. The number of likely N-dealkylation sites (tertiary alicyclic amines) is 1. The van der Waals surface area contributed by atoms with E-state index in [9.17, 15) is 23.2 Å². The van der Waals surface area contributed by atoms with E-state index in [-0.39, 0.29) is 41.3 Å². The molecule has 4 rings (SSSR count). The van der Waals surface area contributed by atoms with Crippen molar-refractivity contribution in [1.82, 2.24) is 20.1 Å². The molecule has 0 radical (unpaired) electrons. The summed E-state index contributed by atoms with van der Waals surface area (Å²) in [7, 11) is 0. The van der Waals surface area contributed by atoms with Gasteiger partial charge in [0.2, 0.25) is 17.7 Å². The molecule has 0 aliphatic carbocycles. The number of nitrogens with zero attached hydrogens (tertiary/aromatic N) is 2. The average Bonchev–Trinajstić information content (AvgIpc) is 3.29. The zero-order valence-electron chi connectivity index (χ0n) is 21.5. The minimum absolute atomic E-state index is 0.0316. The smallest absolute Gasteiger partial charge is 0.388 e. The fourth-order valence-corrected chi connectivity index (χ4v) is 4.98. The van der Waals surface area contributed by atoms with Gasteiger partial charge < -0.3 is 20.1 Å². The Labute approximate surface area is 218 Å². The van der Waals surface area contributed by atoms with Crippen LogP contribution in [0, 0.1) is 6.92 Å². The van der Waals surface area contributed by atoms with Crippen LogP contribution < -0.4 is 15.6 Å². The van der Waals surface area contributed by atoms with Crippen molar-refractivity contribution in [1.29, 1.82) is 0 Å². The number of hydrogen-bond donors (Lipinski definition) is 3. The van der Waals surface area contributed by atoms with Crippen LogP contribution in [0.5, 0.6) is 5.88 Å². The van der Waals surface area contributed by atoms with Crippen LogP contribution in [0.25, 0.3) is 0 Å². The number of halogens is 2. The number of ether oxygens (including phenoxy) is 1. The van der Waals surface area contributed by atoms with Gasteiger partial charge in [-0.2, -0.15) is 8.78 Å². The van der Waals surface area contributed by atoms with Gasteiger partial charge in [0.15, 0.2) is 0 Å². The van der Waals surface area contributed by atoms with E-state index >= 15 is 0 Å². The van der Waals surface area contributed by atoms with Gasteiger partial charge in [-0.25, -0.2) is 4.98 Å². The predicted molar refractivity (Wildman–Crippen MR) is 137 cm³/mol. The molecular weight excluding hydrogens is 496 g/mol. The van der Waals surface area contributed by atoms with Crippen LogP contribution in [0.1, 0.15) is 55.1 Å². The molecule has 2 aromatic heterocycles. The second kappa shape index (κ2) is 11.2. The van der Waals surface area contributed by atoms with E-state index in [2.05, 4.69) is 25.2 Å². The number of aryl methyl sites for hydroxylation is 1. The molecule has 0 saturated carbocycles. The second-order valence-electron chi connectivity index (χ2n) is 9.80. The third-order valence-electron chi connectivity index (χ3n) is 6.94. The van der Waals surface area contributed by atoms with Gasteiger partial charge in [0.05, 0.1) is 11.8 Å². The lowest BCUT2D eigenvalue weighted by molar-refractivity contribution is -0.134. The zero-order chi connectivity index (χ0) is 27.4. The lowest BCUT2D eigenvalue weighted by Crippen LogP contribution is -2.51. The Kier molecular flexibility index (Phi) is 7.94. The zero-order valence-corrected chi connectivity index (χ0v) is 21.5. The largest absolute Gasteiger partial charge is 0.415 e. The fourth-order valence-electron chi connectivity index (χ4n) is 4.98. The molecule has 1 saturated heterocycles. The number of aromatic amines is 2. The highest BCUT2D eigenvalue weighted by atomic mass is 19.3. The number of anilines is 1. The number of H-pyrrole nitrogens is 2. The molecular formula is C27H31F2N5O4. The number of carbonyl (C=O) groups is 2. The van der Waals surface area contributed by atoms with Crippen molar-refractivity contribution >= 4 is 17.5 Å². The first-order valence-corrected chi connectivity index (χ1v) is 12.5. The van der Waals surface area contributed by atoms with E-state index in [1.807, 2.05) is 38.1 Å². The van der Waals surface area contributed by atoms with Gasteiger partial charge in [-0.05, 0) is 48.9 Å². The van der Waals surface area contributed by atoms with E-state index < -0.39 is 12.0 Å². The SMILES string of the molecule is Cc1ccc(NC(=O)C2(c3ccccc3C(C)C)CCN(C(=O)Cc3cc(=O)[nH][nH]3)CC2)c(OC(F)F)n1. The van der Waals surface area contributed by atoms with Gasteiger partial charge in [-0.15, -0.1) is 0 Å². The van der Waals surface area contributed by atoms with E-state index in [1.165, 1.54) is 12.1 Å². The molecule has 1 aromatic carbocycles. The molecule has 0 spiro atoms. The molecule has 3 N–H and O–H groups in total. The number of pyridine rings is 1. The van der Waals surface area contributed by atoms with Crippen LogP contribution in [-0.2, 0) is 21.4 Å². The Morgan fingerprint density at radius 3 is 2.47 bits per heavy atom. The van der Waals surface area contributed by atoms with Gasteiger partial charge >= 0.3 is 6.61 Å². The highest BCUT2D eigenvalue weighted by molar-refractivity contribution is 6.00. The number of amides is 2. The van der Waals surface area contributed by atoms with Gasteiger partial charge in [0, 0.05) is 30.5 Å². The van der Waals surface area contributed by atoms with Gasteiger partial charge in [-0.3, -0.25) is 19.5 Å². The summed E-state index contributed by atoms with van der Waals surface area (Å²) >= 11 is 0. The monoisotopic (exact) mass is 527 g/mol. The van der Waals surface area contributed by atoms with Crippen LogP contribution in [0.4, 0.5) is 14.5 Å². The Balaban J connectivity index is 1.64. The Morgan fingerprint density at radius 2 is 1.84 bits per heavy atom. The summed E-state index contributed by atoms with van der Waals surface area (Å²) in [6, 6.07) is 12.1. The average molecular weight is 528 g/mol. The molecule has 38 heavy (non-hydrogen) atoms. The fraction of sp³-hybridized carbons (Fsp3) is 0.407. The maximum Gasteiger partial charge on any atom is 0.388 e. The quantitative estimate of drug-likeness (QED) is 0.411. The molecule has 0 bridgehead atoms. The third-order valence-corrected chi connectivity index (χ3v) is 6.94. The number of carbonyl (C=O) groups excluding carboxylic acids is 2. The second-order valence-corrected chi connectivity index (χ2v) is 9.80. The maximum atomic E-state index is 14.0. The number of nitrogens with one attached hydrogen (secondary N) is 3. The van der Waals surface area contributed by atoms with Gasteiger partial charge in [-0.1, -0.05) is 38.1 Å². The number of benzene rings is 1. The van der Waals surface area contributed by atoms with Gasteiger partial charge in [0.25, 0.3) is 5.56 Å². The predicted octanol–water partition coefficient (Wildman–Crippen LogP) is 3.87. The first-order chi connectivity index (χ1) is 18.1. The Bertz CT molecular complexity index is 1360. The van der Waals surface area contributed by atoms with Crippen molar-refractivity contribution in [2.24, 2.45) is 0 Å². The van der Waals surface area contributed by atoms with Crippen molar-refractivity contribution in [3.8, 4) is 5.88 Å².